The number of ether oxygens (including phenoxy) is 1. The van der Waals surface area contributed by atoms with E-state index in [1.165, 1.54) is 17.7 Å². The third-order valence-corrected chi connectivity index (χ3v) is 4.47. The number of methoxy groups -OCH3 is 1. The molecule has 2 fully saturated rings. The number of Topliss-reactive ketones (excluding diaryl/α,β-unsaturated/α-hetero) is 1. The molecule has 2 bridgehead atoms. The van der Waals surface area contributed by atoms with Gasteiger partial charge in [-0.2, -0.15) is 0 Å². The van der Waals surface area contributed by atoms with E-state index in [0.717, 1.165) is 31.4 Å². The highest BCUT2D eigenvalue weighted by Crippen LogP contribution is 2.38. The molecule has 0 aliphatic carbocycles. The standard InChI is InChI=1S/C16H21NO2/c1-11-8-15(19-2)6-7-16(11)17-12-4-3-5-13(17)10-14(18)9-12/h6-8,12-13H,3-5,9-10H2,1-2H3. The Labute approximate surface area is 114 Å². The average molecular weight is 259 g/mol. The summed E-state index contributed by atoms with van der Waals surface area (Å²) in [6, 6.07) is 7.07. The van der Waals surface area contributed by atoms with Crippen molar-refractivity contribution in [2.24, 2.45) is 0 Å². The molecule has 2 aliphatic rings. The van der Waals surface area contributed by atoms with E-state index in [1.54, 1.807) is 7.11 Å². The maximum Gasteiger partial charge on any atom is 0.137 e. The van der Waals surface area contributed by atoms with Crippen molar-refractivity contribution in [1.82, 2.24) is 0 Å². The molecule has 2 unspecified atom stereocenters. The van der Waals surface area contributed by atoms with E-state index < -0.39 is 0 Å². The van der Waals surface area contributed by atoms with Gasteiger partial charge in [0.05, 0.1) is 7.11 Å². The number of carbonyl (C=O) groups excluding carboxylic acids is 1. The summed E-state index contributed by atoms with van der Waals surface area (Å²) in [5.74, 6) is 1.34. The van der Waals surface area contributed by atoms with Crippen LogP contribution in [0.5, 0.6) is 5.75 Å². The second-order valence-corrected chi connectivity index (χ2v) is 5.75. The number of piperidine rings is 2. The lowest BCUT2D eigenvalue weighted by molar-refractivity contribution is -0.121. The van der Waals surface area contributed by atoms with Crippen LogP contribution in [0, 0.1) is 6.92 Å². The van der Waals surface area contributed by atoms with Crippen molar-refractivity contribution in [3.8, 4) is 5.75 Å². The van der Waals surface area contributed by atoms with E-state index in [0.29, 0.717) is 17.9 Å². The first-order chi connectivity index (χ1) is 9.19. The maximum atomic E-state index is 11.8. The first kappa shape index (κ1) is 12.5. The van der Waals surface area contributed by atoms with Crippen LogP contribution >= 0.6 is 0 Å². The Morgan fingerprint density at radius 2 is 1.89 bits per heavy atom. The van der Waals surface area contributed by atoms with Crippen molar-refractivity contribution < 1.29 is 9.53 Å². The molecular weight excluding hydrogens is 238 g/mol. The number of ketones is 1. The highest BCUT2D eigenvalue weighted by atomic mass is 16.5. The van der Waals surface area contributed by atoms with Crippen LogP contribution in [0.15, 0.2) is 18.2 Å². The molecule has 2 heterocycles. The zero-order chi connectivity index (χ0) is 13.4. The van der Waals surface area contributed by atoms with Crippen LogP contribution in [0.25, 0.3) is 0 Å². The van der Waals surface area contributed by atoms with Crippen LogP contribution in [0.3, 0.4) is 0 Å². The van der Waals surface area contributed by atoms with E-state index in [2.05, 4.69) is 24.0 Å². The van der Waals surface area contributed by atoms with Crippen molar-refractivity contribution in [3.05, 3.63) is 23.8 Å². The topological polar surface area (TPSA) is 29.5 Å². The van der Waals surface area contributed by atoms with Gasteiger partial charge in [0.15, 0.2) is 0 Å². The second kappa shape index (κ2) is 4.87. The van der Waals surface area contributed by atoms with Crippen molar-refractivity contribution in [1.29, 1.82) is 0 Å². The Hall–Kier alpha value is -1.51. The maximum absolute atomic E-state index is 11.8. The number of benzene rings is 1. The predicted molar refractivity (Wildman–Crippen MR) is 75.9 cm³/mol. The van der Waals surface area contributed by atoms with Gasteiger partial charge in [-0.1, -0.05) is 0 Å². The lowest BCUT2D eigenvalue weighted by Crippen LogP contribution is -2.52. The monoisotopic (exact) mass is 259 g/mol. The minimum absolute atomic E-state index is 0.409. The van der Waals surface area contributed by atoms with Gasteiger partial charge in [0.2, 0.25) is 0 Å². The van der Waals surface area contributed by atoms with E-state index in [4.69, 9.17) is 4.74 Å². The zero-order valence-corrected chi connectivity index (χ0v) is 11.7. The molecule has 0 aromatic heterocycles. The quantitative estimate of drug-likeness (QED) is 0.817. The Morgan fingerprint density at radius 1 is 1.21 bits per heavy atom. The molecule has 0 radical (unpaired) electrons. The fourth-order valence-electron chi connectivity index (χ4n) is 3.61. The minimum atomic E-state index is 0.409. The Kier molecular flexibility index (Phi) is 3.21. The molecule has 2 aliphatic heterocycles. The fourth-order valence-corrected chi connectivity index (χ4v) is 3.61. The SMILES string of the molecule is COc1ccc(N2C3CCCC2CC(=O)C3)c(C)c1. The lowest BCUT2D eigenvalue weighted by atomic mass is 9.83. The normalized spacial score (nSPS) is 26.4. The highest BCUT2D eigenvalue weighted by Gasteiger charge is 2.37. The molecule has 102 valence electrons. The molecule has 2 atom stereocenters. The molecule has 1 aromatic carbocycles. The molecule has 2 saturated heterocycles. The van der Waals surface area contributed by atoms with Gasteiger partial charge in [-0.25, -0.2) is 0 Å². The van der Waals surface area contributed by atoms with E-state index in [9.17, 15) is 4.79 Å². The minimum Gasteiger partial charge on any atom is -0.497 e. The number of anilines is 1. The van der Waals surface area contributed by atoms with E-state index in [-0.39, 0.29) is 0 Å². The number of aryl methyl sites for hydroxylation is 1. The summed E-state index contributed by atoms with van der Waals surface area (Å²) < 4.78 is 5.28. The molecule has 0 amide bonds. The van der Waals surface area contributed by atoms with E-state index >= 15 is 0 Å². The largest absolute Gasteiger partial charge is 0.497 e. The predicted octanol–water partition coefficient (Wildman–Crippen LogP) is 3.09. The van der Waals surface area contributed by atoms with Crippen molar-refractivity contribution in [2.75, 3.05) is 12.0 Å². The average Bonchev–Trinajstić information content (AvgIpc) is 2.38. The lowest BCUT2D eigenvalue weighted by Gasteiger charge is -2.47. The highest BCUT2D eigenvalue weighted by molar-refractivity contribution is 5.83. The summed E-state index contributed by atoms with van der Waals surface area (Å²) >= 11 is 0. The van der Waals surface area contributed by atoms with Gasteiger partial charge in [0.1, 0.15) is 11.5 Å². The van der Waals surface area contributed by atoms with Crippen molar-refractivity contribution in [3.63, 3.8) is 0 Å². The number of hydrogen-bond donors (Lipinski definition) is 0. The summed E-state index contributed by atoms with van der Waals surface area (Å²) in [4.78, 5) is 14.3. The Balaban J connectivity index is 1.94. The third-order valence-electron chi connectivity index (χ3n) is 4.47. The van der Waals surface area contributed by atoms with Gasteiger partial charge in [0, 0.05) is 30.6 Å². The smallest absolute Gasteiger partial charge is 0.137 e. The summed E-state index contributed by atoms with van der Waals surface area (Å²) in [7, 11) is 1.70. The molecule has 1 aromatic rings. The zero-order valence-electron chi connectivity index (χ0n) is 11.7. The molecule has 0 spiro atoms. The number of fused-ring (bicyclic) bond motifs is 2. The van der Waals surface area contributed by atoms with Crippen molar-refractivity contribution >= 4 is 11.5 Å². The molecule has 0 N–H and O–H groups in total. The Morgan fingerprint density at radius 3 is 2.47 bits per heavy atom. The van der Waals surface area contributed by atoms with Gasteiger partial charge < -0.3 is 9.64 Å². The van der Waals surface area contributed by atoms with Crippen molar-refractivity contribution in [2.45, 2.75) is 51.1 Å². The van der Waals surface area contributed by atoms with Gasteiger partial charge in [-0.3, -0.25) is 4.79 Å². The van der Waals surface area contributed by atoms with Crippen LogP contribution in [0.2, 0.25) is 0 Å². The molecular formula is C16H21NO2. The van der Waals surface area contributed by atoms with E-state index in [1.807, 2.05) is 6.07 Å². The summed E-state index contributed by atoms with van der Waals surface area (Å²) in [5.41, 5.74) is 2.52. The van der Waals surface area contributed by atoms with Gasteiger partial charge in [0.25, 0.3) is 0 Å². The number of rotatable bonds is 2. The molecule has 3 rings (SSSR count). The first-order valence-electron chi connectivity index (χ1n) is 7.13. The molecule has 3 nitrogen and oxygen atoms in total. The van der Waals surface area contributed by atoms with Gasteiger partial charge in [-0.15, -0.1) is 0 Å². The van der Waals surface area contributed by atoms with Gasteiger partial charge >= 0.3 is 0 Å². The van der Waals surface area contributed by atoms with Crippen LogP contribution in [0.4, 0.5) is 5.69 Å². The van der Waals surface area contributed by atoms with Crippen LogP contribution < -0.4 is 9.64 Å². The second-order valence-electron chi connectivity index (χ2n) is 5.75. The van der Waals surface area contributed by atoms with Crippen LogP contribution in [-0.2, 0) is 4.79 Å². The Bertz CT molecular complexity index is 482. The first-order valence-corrected chi connectivity index (χ1v) is 7.13. The van der Waals surface area contributed by atoms with Gasteiger partial charge in [-0.05, 0) is 49.9 Å². The molecule has 3 heteroatoms. The summed E-state index contributed by atoms with van der Waals surface area (Å²) in [6.07, 6.45) is 5.00. The summed E-state index contributed by atoms with van der Waals surface area (Å²) in [6.45, 7) is 2.13. The molecule has 0 saturated carbocycles. The van der Waals surface area contributed by atoms with Crippen LogP contribution in [-0.4, -0.2) is 25.0 Å². The fraction of sp³-hybridized carbons (Fsp3) is 0.562. The number of nitrogens with zero attached hydrogens (tertiary/aromatic N) is 1. The number of hydrogen-bond acceptors (Lipinski definition) is 3. The number of carbonyl (C=O) groups is 1. The summed E-state index contributed by atoms with van der Waals surface area (Å²) in [5, 5.41) is 0. The van der Waals surface area contributed by atoms with Crippen LogP contribution in [0.1, 0.15) is 37.7 Å². The molecule has 19 heavy (non-hydrogen) atoms. The third kappa shape index (κ3) is 2.22.